The van der Waals surface area contributed by atoms with Crippen LogP contribution in [-0.4, -0.2) is 4.57 Å². The number of hydrogen-bond acceptors (Lipinski definition) is 2. The van der Waals surface area contributed by atoms with Crippen LogP contribution in [0.4, 0.5) is 17.1 Å². The van der Waals surface area contributed by atoms with Crippen LogP contribution in [0, 0.1) is 0 Å². The average Bonchev–Trinajstić information content (AvgIpc) is 3.69. The van der Waals surface area contributed by atoms with Gasteiger partial charge in [-0.15, -0.1) is 0 Å². The minimum absolute atomic E-state index is 0.130. The van der Waals surface area contributed by atoms with E-state index in [0.717, 1.165) is 34.2 Å². The molecule has 0 amide bonds. The van der Waals surface area contributed by atoms with Gasteiger partial charge in [-0.05, 0) is 105 Å². The molecule has 0 N–H and O–H groups in total. The van der Waals surface area contributed by atoms with Crippen molar-refractivity contribution in [2.75, 3.05) is 4.90 Å². The predicted molar refractivity (Wildman–Crippen MR) is 211 cm³/mol. The second-order valence-corrected chi connectivity index (χ2v) is 15.4. The first-order valence-corrected chi connectivity index (χ1v) is 17.9. The van der Waals surface area contributed by atoms with E-state index in [2.05, 4.69) is 183 Å². The molecule has 7 aromatic carbocycles. The largest absolute Gasteiger partial charge is 0.453 e. The topological polar surface area (TPSA) is 17.4 Å². The minimum Gasteiger partial charge on any atom is -0.453 e. The van der Waals surface area contributed by atoms with Crippen LogP contribution >= 0.6 is 0 Å². The molecule has 244 valence electrons. The molecule has 1 aromatic heterocycles. The molecule has 11 rings (SSSR count). The lowest BCUT2D eigenvalue weighted by Gasteiger charge is -2.35. The van der Waals surface area contributed by atoms with Gasteiger partial charge in [0, 0.05) is 33.0 Å². The van der Waals surface area contributed by atoms with E-state index in [1.165, 1.54) is 66.3 Å². The van der Waals surface area contributed by atoms with Crippen LogP contribution in [0.25, 0.3) is 49.7 Å². The molecule has 2 heterocycles. The number of aromatic nitrogens is 1. The van der Waals surface area contributed by atoms with Crippen molar-refractivity contribution in [1.82, 2.24) is 4.57 Å². The fraction of sp³-hybridized carbons (Fsp3) is 0.125. The van der Waals surface area contributed by atoms with E-state index in [0.29, 0.717) is 0 Å². The van der Waals surface area contributed by atoms with Gasteiger partial charge in [0.1, 0.15) is 0 Å². The Morgan fingerprint density at radius 2 is 0.941 bits per heavy atom. The van der Waals surface area contributed by atoms with Crippen LogP contribution in [0.5, 0.6) is 11.5 Å². The molecule has 51 heavy (non-hydrogen) atoms. The lowest BCUT2D eigenvalue weighted by atomic mass is 9.82. The Kier molecular flexibility index (Phi) is 5.52. The van der Waals surface area contributed by atoms with Crippen LogP contribution in [0.3, 0.4) is 0 Å². The van der Waals surface area contributed by atoms with Gasteiger partial charge in [-0.3, -0.25) is 0 Å². The van der Waals surface area contributed by atoms with E-state index in [-0.39, 0.29) is 10.8 Å². The Morgan fingerprint density at radius 1 is 0.412 bits per heavy atom. The highest BCUT2D eigenvalue weighted by molar-refractivity contribution is 6.11. The molecule has 0 radical (unpaired) electrons. The fourth-order valence-corrected chi connectivity index (χ4v) is 9.43. The zero-order valence-corrected chi connectivity index (χ0v) is 29.2. The van der Waals surface area contributed by atoms with Gasteiger partial charge in [0.2, 0.25) is 0 Å². The molecule has 0 fully saturated rings. The van der Waals surface area contributed by atoms with Crippen LogP contribution < -0.4 is 9.64 Å². The van der Waals surface area contributed by atoms with Crippen molar-refractivity contribution in [2.45, 2.75) is 38.5 Å². The molecule has 1 aliphatic heterocycles. The van der Waals surface area contributed by atoms with Gasteiger partial charge in [0.05, 0.1) is 22.4 Å². The van der Waals surface area contributed by atoms with Crippen LogP contribution in [0.15, 0.2) is 146 Å². The second-order valence-electron chi connectivity index (χ2n) is 15.4. The van der Waals surface area contributed by atoms with Gasteiger partial charge in [-0.1, -0.05) is 113 Å². The van der Waals surface area contributed by atoms with Crippen LogP contribution in [0.1, 0.15) is 49.9 Å². The van der Waals surface area contributed by atoms with Crippen molar-refractivity contribution < 1.29 is 4.74 Å². The van der Waals surface area contributed by atoms with E-state index in [1.807, 2.05) is 0 Å². The smallest absolute Gasteiger partial charge is 0.151 e. The summed E-state index contributed by atoms with van der Waals surface area (Å²) in [6, 6.07) is 53.5. The van der Waals surface area contributed by atoms with Crippen molar-refractivity contribution in [3.05, 3.63) is 168 Å². The number of nitrogens with zero attached hydrogens (tertiary/aromatic N) is 2. The molecule has 0 spiro atoms. The summed E-state index contributed by atoms with van der Waals surface area (Å²) in [7, 11) is 0. The van der Waals surface area contributed by atoms with Crippen molar-refractivity contribution >= 4 is 38.9 Å². The van der Waals surface area contributed by atoms with E-state index < -0.39 is 0 Å². The molecule has 2 aliphatic carbocycles. The SMILES string of the molecule is CC1(C)c2ccccc2-c2cc3c(cc21)Oc1cc2c(cc1N3c1ccc3c(c1)c1ccccc1n3-c1ccccc1)-c1ccccc1C2(C)C. The van der Waals surface area contributed by atoms with Gasteiger partial charge < -0.3 is 14.2 Å². The molecular weight excluding hydrogens is 621 g/mol. The number of fused-ring (bicyclic) bond motifs is 11. The van der Waals surface area contributed by atoms with Crippen molar-refractivity contribution in [3.63, 3.8) is 0 Å². The molecule has 0 bridgehead atoms. The molecular formula is C48H36N2O. The van der Waals surface area contributed by atoms with Gasteiger partial charge in [0.25, 0.3) is 0 Å². The van der Waals surface area contributed by atoms with Crippen molar-refractivity contribution in [3.8, 4) is 39.4 Å². The number of para-hydroxylation sites is 2. The maximum Gasteiger partial charge on any atom is 0.151 e. The van der Waals surface area contributed by atoms with Gasteiger partial charge >= 0.3 is 0 Å². The Labute approximate surface area is 298 Å². The molecule has 3 aliphatic rings. The maximum atomic E-state index is 7.04. The second kappa shape index (κ2) is 9.80. The first-order chi connectivity index (χ1) is 24.8. The third-order valence-electron chi connectivity index (χ3n) is 12.0. The first kappa shape index (κ1) is 28.7. The quantitative estimate of drug-likeness (QED) is 0.184. The number of anilines is 3. The maximum absolute atomic E-state index is 7.04. The number of benzene rings is 7. The molecule has 3 nitrogen and oxygen atoms in total. The lowest BCUT2D eigenvalue weighted by molar-refractivity contribution is 0.473. The predicted octanol–water partition coefficient (Wildman–Crippen LogP) is 13.0. The molecule has 0 saturated heterocycles. The summed E-state index contributed by atoms with van der Waals surface area (Å²) in [6.45, 7) is 9.34. The van der Waals surface area contributed by atoms with Gasteiger partial charge in [-0.2, -0.15) is 0 Å². The summed E-state index contributed by atoms with van der Waals surface area (Å²) in [4.78, 5) is 2.45. The Bertz CT molecular complexity index is 2670. The third kappa shape index (κ3) is 3.73. The summed E-state index contributed by atoms with van der Waals surface area (Å²) in [5.74, 6) is 1.78. The number of hydrogen-bond donors (Lipinski definition) is 0. The molecule has 8 aromatic rings. The first-order valence-electron chi connectivity index (χ1n) is 17.9. The number of rotatable bonds is 2. The Morgan fingerprint density at radius 3 is 1.57 bits per heavy atom. The molecule has 0 unspecified atom stereocenters. The van der Waals surface area contributed by atoms with Crippen LogP contribution in [-0.2, 0) is 10.8 Å². The number of ether oxygens (including phenoxy) is 1. The highest BCUT2D eigenvalue weighted by Crippen LogP contribution is 2.60. The Balaban J connectivity index is 1.20. The van der Waals surface area contributed by atoms with Crippen LogP contribution in [0.2, 0.25) is 0 Å². The van der Waals surface area contributed by atoms with E-state index in [9.17, 15) is 0 Å². The molecule has 3 heteroatoms. The van der Waals surface area contributed by atoms with Gasteiger partial charge in [-0.25, -0.2) is 0 Å². The van der Waals surface area contributed by atoms with E-state index >= 15 is 0 Å². The monoisotopic (exact) mass is 656 g/mol. The van der Waals surface area contributed by atoms with E-state index in [4.69, 9.17) is 4.74 Å². The fourth-order valence-electron chi connectivity index (χ4n) is 9.43. The zero-order valence-electron chi connectivity index (χ0n) is 29.2. The standard InChI is InChI=1S/C48H36N2O/c1-47(2)37-19-11-8-16-31(37)34-25-43-45(27-39(34)47)51-46-28-40-35(32-17-9-12-20-38(32)48(40,3)4)26-44(46)50(43)30-22-23-42-36(24-30)33-18-10-13-21-41(33)49(42)29-14-6-5-7-15-29/h5-28H,1-4H3. The highest BCUT2D eigenvalue weighted by Gasteiger charge is 2.41. The lowest BCUT2D eigenvalue weighted by Crippen LogP contribution is -2.19. The molecule has 0 saturated carbocycles. The Hall–Kier alpha value is -6.06. The zero-order chi connectivity index (χ0) is 34.2. The van der Waals surface area contributed by atoms with Crippen molar-refractivity contribution in [2.24, 2.45) is 0 Å². The summed E-state index contributed by atoms with van der Waals surface area (Å²) in [5, 5.41) is 2.46. The van der Waals surface area contributed by atoms with E-state index in [1.54, 1.807) is 0 Å². The average molecular weight is 657 g/mol. The normalized spacial score (nSPS) is 15.5. The summed E-state index contributed by atoms with van der Waals surface area (Å²) >= 11 is 0. The molecule has 0 atom stereocenters. The summed E-state index contributed by atoms with van der Waals surface area (Å²) < 4.78 is 9.42. The van der Waals surface area contributed by atoms with Crippen molar-refractivity contribution in [1.29, 1.82) is 0 Å². The summed E-state index contributed by atoms with van der Waals surface area (Å²) in [5.41, 5.74) is 17.0. The highest BCUT2D eigenvalue weighted by atomic mass is 16.5. The minimum atomic E-state index is -0.130. The third-order valence-corrected chi connectivity index (χ3v) is 12.0. The summed E-state index contributed by atoms with van der Waals surface area (Å²) in [6.07, 6.45) is 0. The van der Waals surface area contributed by atoms with Gasteiger partial charge in [0.15, 0.2) is 11.5 Å².